The SMILES string of the molecule is O=C1CC(Cc2ccc(C(=O)O[C@H](c3cc(Br)cs3)C(F)(F)F)cc2)C(=O)N1. The molecule has 1 N–H and O–H groups in total. The van der Waals surface area contributed by atoms with Gasteiger partial charge >= 0.3 is 12.1 Å². The average Bonchev–Trinajstić information content (AvgIpc) is 3.17. The standard InChI is InChI=1S/C18H13BrF3NO4S/c19-12-7-13(28-8-12)15(18(20,21)22)27-17(26)10-3-1-9(2-4-10)5-11-6-14(24)23-16(11)25/h1-4,7-8,11,15H,5-6H2,(H,23,24,25)/t11?,15-/m1/s1. The summed E-state index contributed by atoms with van der Waals surface area (Å²) in [5, 5.41) is 3.68. The van der Waals surface area contributed by atoms with Crippen molar-refractivity contribution in [2.75, 3.05) is 0 Å². The van der Waals surface area contributed by atoms with Crippen LogP contribution in [0.4, 0.5) is 13.2 Å². The highest BCUT2D eigenvalue weighted by Gasteiger charge is 2.45. The van der Waals surface area contributed by atoms with E-state index in [1.165, 1.54) is 35.7 Å². The van der Waals surface area contributed by atoms with E-state index in [-0.39, 0.29) is 28.7 Å². The van der Waals surface area contributed by atoms with E-state index < -0.39 is 24.2 Å². The Kier molecular flexibility index (Phi) is 5.90. The fourth-order valence-corrected chi connectivity index (χ4v) is 4.26. The fraction of sp³-hybridized carbons (Fsp3) is 0.278. The summed E-state index contributed by atoms with van der Waals surface area (Å²) in [5.74, 6) is -2.29. The number of benzene rings is 1. The van der Waals surface area contributed by atoms with Gasteiger partial charge in [-0.25, -0.2) is 4.79 Å². The summed E-state index contributed by atoms with van der Waals surface area (Å²) >= 11 is 3.92. The molecule has 1 fully saturated rings. The van der Waals surface area contributed by atoms with Crippen LogP contribution >= 0.6 is 27.3 Å². The Morgan fingerprint density at radius 2 is 1.96 bits per heavy atom. The number of amides is 2. The van der Waals surface area contributed by atoms with Gasteiger partial charge in [-0.05, 0) is 46.1 Å². The number of esters is 1. The Morgan fingerprint density at radius 3 is 2.46 bits per heavy atom. The summed E-state index contributed by atoms with van der Waals surface area (Å²) in [7, 11) is 0. The number of imide groups is 1. The molecule has 0 bridgehead atoms. The lowest BCUT2D eigenvalue weighted by molar-refractivity contribution is -0.206. The van der Waals surface area contributed by atoms with E-state index in [4.69, 9.17) is 4.74 Å². The number of carbonyl (C=O) groups excluding carboxylic acids is 3. The molecule has 2 heterocycles. The van der Waals surface area contributed by atoms with E-state index in [1.54, 1.807) is 0 Å². The van der Waals surface area contributed by atoms with Crippen molar-refractivity contribution in [1.29, 1.82) is 0 Å². The van der Waals surface area contributed by atoms with Gasteiger partial charge in [0.25, 0.3) is 0 Å². The minimum Gasteiger partial charge on any atom is -0.443 e. The normalized spacial score (nSPS) is 18.1. The number of carbonyl (C=O) groups is 3. The molecule has 5 nitrogen and oxygen atoms in total. The van der Waals surface area contributed by atoms with Crippen molar-refractivity contribution in [3.8, 4) is 0 Å². The first-order chi connectivity index (χ1) is 13.1. The number of thiophene rings is 1. The highest BCUT2D eigenvalue weighted by atomic mass is 79.9. The summed E-state index contributed by atoms with van der Waals surface area (Å²) < 4.78 is 45.1. The van der Waals surface area contributed by atoms with Crippen LogP contribution in [-0.4, -0.2) is 24.0 Å². The summed E-state index contributed by atoms with van der Waals surface area (Å²) in [5.41, 5.74) is 0.640. The lowest BCUT2D eigenvalue weighted by Gasteiger charge is -2.19. The van der Waals surface area contributed by atoms with E-state index in [2.05, 4.69) is 21.2 Å². The maximum atomic E-state index is 13.3. The molecule has 28 heavy (non-hydrogen) atoms. The Labute approximate surface area is 170 Å². The molecule has 148 valence electrons. The van der Waals surface area contributed by atoms with Crippen molar-refractivity contribution < 1.29 is 32.3 Å². The first kappa shape index (κ1) is 20.5. The van der Waals surface area contributed by atoms with Crippen LogP contribution in [0.1, 0.15) is 33.3 Å². The molecule has 2 aromatic rings. The molecule has 1 saturated heterocycles. The largest absolute Gasteiger partial charge is 0.443 e. The van der Waals surface area contributed by atoms with Gasteiger partial charge in [0.15, 0.2) is 0 Å². The lowest BCUT2D eigenvalue weighted by Crippen LogP contribution is -2.25. The highest BCUT2D eigenvalue weighted by Crippen LogP contribution is 2.40. The number of nitrogens with one attached hydrogen (secondary N) is 1. The molecule has 1 aliphatic heterocycles. The minimum absolute atomic E-state index is 0.0411. The molecule has 2 amide bonds. The van der Waals surface area contributed by atoms with Gasteiger partial charge in [0.2, 0.25) is 17.9 Å². The minimum atomic E-state index is -4.75. The Hall–Kier alpha value is -2.20. The molecule has 0 radical (unpaired) electrons. The second kappa shape index (κ2) is 8.04. The molecule has 10 heteroatoms. The third kappa shape index (κ3) is 4.79. The van der Waals surface area contributed by atoms with Gasteiger partial charge in [0.05, 0.1) is 16.4 Å². The van der Waals surface area contributed by atoms with Crippen LogP contribution < -0.4 is 5.32 Å². The quantitative estimate of drug-likeness (QED) is 0.520. The molecule has 1 aromatic heterocycles. The van der Waals surface area contributed by atoms with Crippen LogP contribution in [0.2, 0.25) is 0 Å². The Bertz CT molecular complexity index is 910. The predicted octanol–water partition coefficient (Wildman–Crippen LogP) is 4.18. The van der Waals surface area contributed by atoms with Crippen molar-refractivity contribution in [2.45, 2.75) is 25.1 Å². The molecular weight excluding hydrogens is 463 g/mol. The van der Waals surface area contributed by atoms with Gasteiger partial charge in [-0.3, -0.25) is 14.9 Å². The topological polar surface area (TPSA) is 72.5 Å². The lowest BCUT2D eigenvalue weighted by atomic mass is 9.97. The maximum Gasteiger partial charge on any atom is 0.430 e. The average molecular weight is 476 g/mol. The van der Waals surface area contributed by atoms with Crippen LogP contribution in [-0.2, 0) is 20.7 Å². The zero-order chi connectivity index (χ0) is 20.5. The van der Waals surface area contributed by atoms with E-state index in [0.29, 0.717) is 16.5 Å². The molecule has 0 aliphatic carbocycles. The van der Waals surface area contributed by atoms with Crippen molar-refractivity contribution in [3.05, 3.63) is 56.2 Å². The predicted molar refractivity (Wildman–Crippen MR) is 97.6 cm³/mol. The molecule has 1 aromatic carbocycles. The zero-order valence-corrected chi connectivity index (χ0v) is 16.5. The molecule has 1 aliphatic rings. The van der Waals surface area contributed by atoms with Gasteiger partial charge in [-0.2, -0.15) is 13.2 Å². The number of ether oxygens (including phenoxy) is 1. The fourth-order valence-electron chi connectivity index (χ4n) is 2.76. The van der Waals surface area contributed by atoms with Gasteiger partial charge in [0.1, 0.15) is 0 Å². The second-order valence-corrected chi connectivity index (χ2v) is 8.07. The van der Waals surface area contributed by atoms with Crippen molar-refractivity contribution in [2.24, 2.45) is 5.92 Å². The summed E-state index contributed by atoms with van der Waals surface area (Å²) in [6, 6.07) is 6.98. The van der Waals surface area contributed by atoms with Crippen LogP contribution in [0.15, 0.2) is 40.2 Å². The molecule has 0 saturated carbocycles. The van der Waals surface area contributed by atoms with Gasteiger partial charge < -0.3 is 4.74 Å². The maximum absolute atomic E-state index is 13.3. The third-order valence-electron chi connectivity index (χ3n) is 4.11. The molecule has 0 spiro atoms. The van der Waals surface area contributed by atoms with Crippen molar-refractivity contribution in [1.82, 2.24) is 5.32 Å². The van der Waals surface area contributed by atoms with E-state index >= 15 is 0 Å². The molecular formula is C18H13BrF3NO4S. The summed E-state index contributed by atoms with van der Waals surface area (Å²) in [4.78, 5) is 34.9. The molecule has 1 unspecified atom stereocenters. The van der Waals surface area contributed by atoms with Gasteiger partial charge in [0, 0.05) is 16.3 Å². The van der Waals surface area contributed by atoms with Crippen molar-refractivity contribution >= 4 is 45.1 Å². The summed E-state index contributed by atoms with van der Waals surface area (Å²) in [6.45, 7) is 0. The Morgan fingerprint density at radius 1 is 1.29 bits per heavy atom. The van der Waals surface area contributed by atoms with Crippen LogP contribution in [0, 0.1) is 5.92 Å². The number of hydrogen-bond donors (Lipinski definition) is 1. The highest BCUT2D eigenvalue weighted by molar-refractivity contribution is 9.10. The molecule has 2 atom stereocenters. The van der Waals surface area contributed by atoms with Crippen LogP contribution in [0.25, 0.3) is 0 Å². The third-order valence-corrected chi connectivity index (χ3v) is 5.84. The smallest absolute Gasteiger partial charge is 0.430 e. The number of alkyl halides is 3. The number of halogens is 4. The van der Waals surface area contributed by atoms with Crippen LogP contribution in [0.3, 0.4) is 0 Å². The number of rotatable bonds is 5. The van der Waals surface area contributed by atoms with E-state index in [0.717, 1.165) is 11.3 Å². The first-order valence-corrected chi connectivity index (χ1v) is 9.75. The monoisotopic (exact) mass is 475 g/mol. The zero-order valence-electron chi connectivity index (χ0n) is 14.1. The van der Waals surface area contributed by atoms with Gasteiger partial charge in [-0.15, -0.1) is 11.3 Å². The second-order valence-electron chi connectivity index (χ2n) is 6.21. The van der Waals surface area contributed by atoms with Crippen LogP contribution in [0.5, 0.6) is 0 Å². The van der Waals surface area contributed by atoms with Gasteiger partial charge in [-0.1, -0.05) is 12.1 Å². The number of hydrogen-bond acceptors (Lipinski definition) is 5. The molecule has 3 rings (SSSR count). The Balaban J connectivity index is 1.69. The summed E-state index contributed by atoms with van der Waals surface area (Å²) in [6.07, 6.45) is -6.72. The van der Waals surface area contributed by atoms with E-state index in [1.807, 2.05) is 0 Å². The first-order valence-electron chi connectivity index (χ1n) is 8.07. The van der Waals surface area contributed by atoms with E-state index in [9.17, 15) is 27.6 Å². The van der Waals surface area contributed by atoms with Crippen molar-refractivity contribution in [3.63, 3.8) is 0 Å².